The summed E-state index contributed by atoms with van der Waals surface area (Å²) in [6.45, 7) is 5.49. The molecule has 0 atom stereocenters. The molecule has 2 aromatic carbocycles. The van der Waals surface area contributed by atoms with Gasteiger partial charge in [-0.15, -0.1) is 0 Å². The maximum Gasteiger partial charge on any atom is 0.134 e. The van der Waals surface area contributed by atoms with Gasteiger partial charge < -0.3 is 10.2 Å². The molecule has 0 saturated heterocycles. The largest absolute Gasteiger partial charge is 0.507 e. The second-order valence-corrected chi connectivity index (χ2v) is 5.89. The number of aryl methyl sites for hydroxylation is 1. The number of aromatic hydroxyl groups is 2. The van der Waals surface area contributed by atoms with E-state index in [0.717, 1.165) is 0 Å². The van der Waals surface area contributed by atoms with E-state index in [2.05, 4.69) is 9.97 Å². The topological polar surface area (TPSA) is 66.2 Å². The van der Waals surface area contributed by atoms with Crippen LogP contribution in [-0.4, -0.2) is 20.2 Å². The molecule has 3 rings (SSSR count). The number of hydrogen-bond acceptors (Lipinski definition) is 4. The fourth-order valence-electron chi connectivity index (χ4n) is 2.73. The quantitative estimate of drug-likeness (QED) is 0.741. The predicted molar refractivity (Wildman–Crippen MR) is 87.1 cm³/mol. The van der Waals surface area contributed by atoms with Gasteiger partial charge in [0.25, 0.3) is 0 Å². The first-order chi connectivity index (χ1) is 10.9. The van der Waals surface area contributed by atoms with Crippen molar-refractivity contribution in [2.45, 2.75) is 26.7 Å². The number of phenolic OH excluding ortho intramolecular Hbond substituents is 2. The molecule has 0 aliphatic rings. The average molecular weight is 312 g/mol. The summed E-state index contributed by atoms with van der Waals surface area (Å²) < 4.78 is 14.3. The van der Waals surface area contributed by atoms with E-state index in [-0.39, 0.29) is 17.4 Å². The molecule has 0 radical (unpaired) electrons. The fraction of sp³-hybridized carbons (Fsp3) is 0.222. The Morgan fingerprint density at radius 2 is 1.61 bits per heavy atom. The van der Waals surface area contributed by atoms with Crippen LogP contribution in [0.5, 0.6) is 11.5 Å². The fourth-order valence-corrected chi connectivity index (χ4v) is 2.73. The molecule has 0 fully saturated rings. The summed E-state index contributed by atoms with van der Waals surface area (Å²) in [5, 5.41) is 20.6. The monoisotopic (exact) mass is 312 g/mol. The molecule has 0 amide bonds. The van der Waals surface area contributed by atoms with Crippen molar-refractivity contribution in [3.8, 4) is 22.6 Å². The van der Waals surface area contributed by atoms with Crippen LogP contribution in [0.4, 0.5) is 4.39 Å². The second-order valence-electron chi connectivity index (χ2n) is 5.89. The zero-order valence-corrected chi connectivity index (χ0v) is 13.1. The van der Waals surface area contributed by atoms with Crippen LogP contribution >= 0.6 is 0 Å². The summed E-state index contributed by atoms with van der Waals surface area (Å²) in [7, 11) is 0. The first-order valence-electron chi connectivity index (χ1n) is 7.36. The normalized spacial score (nSPS) is 11.3. The molecule has 0 unspecified atom stereocenters. The van der Waals surface area contributed by atoms with Crippen LogP contribution in [0.2, 0.25) is 0 Å². The lowest BCUT2D eigenvalue weighted by Gasteiger charge is -2.13. The van der Waals surface area contributed by atoms with E-state index in [4.69, 9.17) is 0 Å². The van der Waals surface area contributed by atoms with E-state index in [1.54, 1.807) is 13.0 Å². The highest BCUT2D eigenvalue weighted by atomic mass is 19.1. The van der Waals surface area contributed by atoms with Crippen LogP contribution in [0.3, 0.4) is 0 Å². The molecule has 5 heteroatoms. The van der Waals surface area contributed by atoms with Crippen LogP contribution in [0, 0.1) is 12.7 Å². The van der Waals surface area contributed by atoms with Crippen LogP contribution in [-0.2, 0) is 0 Å². The molecule has 3 aromatic rings. The van der Waals surface area contributed by atoms with Gasteiger partial charge in [0, 0.05) is 11.8 Å². The molecule has 1 heterocycles. The second kappa shape index (κ2) is 5.50. The van der Waals surface area contributed by atoms with Gasteiger partial charge in [0.15, 0.2) is 0 Å². The molecular formula is C18H17FN2O2. The van der Waals surface area contributed by atoms with E-state index in [9.17, 15) is 14.6 Å². The summed E-state index contributed by atoms with van der Waals surface area (Å²) in [4.78, 5) is 8.24. The van der Waals surface area contributed by atoms with Crippen LogP contribution in [0.15, 0.2) is 30.5 Å². The molecule has 2 N–H and O–H groups in total. The van der Waals surface area contributed by atoms with Gasteiger partial charge in [-0.1, -0.05) is 13.8 Å². The van der Waals surface area contributed by atoms with Gasteiger partial charge in [-0.3, -0.25) is 0 Å². The molecule has 0 aliphatic carbocycles. The highest BCUT2D eigenvalue weighted by molar-refractivity contribution is 5.85. The molecule has 118 valence electrons. The zero-order chi connectivity index (χ0) is 16.7. The third-order valence-electron chi connectivity index (χ3n) is 3.82. The van der Waals surface area contributed by atoms with E-state index in [1.165, 1.54) is 24.4 Å². The Hall–Kier alpha value is -2.69. The van der Waals surface area contributed by atoms with Gasteiger partial charge in [0.1, 0.15) is 23.1 Å². The lowest BCUT2D eigenvalue weighted by atomic mass is 9.96. The SMILES string of the molecule is Cc1ncc2c(F)cc(-c3cc(O)c(C(C)C)c(O)c3)cc2n1. The highest BCUT2D eigenvalue weighted by Gasteiger charge is 2.15. The Labute approximate surface area is 133 Å². The highest BCUT2D eigenvalue weighted by Crippen LogP contribution is 2.38. The van der Waals surface area contributed by atoms with Crippen LogP contribution < -0.4 is 0 Å². The zero-order valence-electron chi connectivity index (χ0n) is 13.1. The number of aromatic nitrogens is 2. The van der Waals surface area contributed by atoms with E-state index in [0.29, 0.717) is 33.4 Å². The van der Waals surface area contributed by atoms with Crippen molar-refractivity contribution in [2.75, 3.05) is 0 Å². The summed E-state index contributed by atoms with van der Waals surface area (Å²) in [6.07, 6.45) is 1.45. The Balaban J connectivity index is 2.21. The minimum atomic E-state index is -0.440. The molecule has 0 saturated carbocycles. The Kier molecular flexibility index (Phi) is 3.64. The number of phenols is 2. The maximum absolute atomic E-state index is 14.3. The number of benzene rings is 2. The van der Waals surface area contributed by atoms with Crippen LogP contribution in [0.25, 0.3) is 22.0 Å². The maximum atomic E-state index is 14.3. The van der Waals surface area contributed by atoms with Gasteiger partial charge in [0.2, 0.25) is 0 Å². The smallest absolute Gasteiger partial charge is 0.134 e. The predicted octanol–water partition coefficient (Wildman–Crippen LogP) is 4.28. The number of nitrogens with zero attached hydrogens (tertiary/aromatic N) is 2. The van der Waals surface area contributed by atoms with Crippen molar-refractivity contribution in [1.29, 1.82) is 0 Å². The van der Waals surface area contributed by atoms with E-state index < -0.39 is 5.82 Å². The van der Waals surface area contributed by atoms with Gasteiger partial charge in [0.05, 0.1) is 10.9 Å². The third-order valence-corrected chi connectivity index (χ3v) is 3.82. The van der Waals surface area contributed by atoms with Crippen molar-refractivity contribution in [3.05, 3.63) is 47.7 Å². The number of rotatable bonds is 2. The van der Waals surface area contributed by atoms with Crippen molar-refractivity contribution >= 4 is 10.9 Å². The standard InChI is InChI=1S/C18H17FN2O2/c1-9(2)18-16(22)6-12(7-17(18)23)11-4-14(19)13-8-20-10(3)21-15(13)5-11/h4-9,22-23H,1-3H3. The molecule has 23 heavy (non-hydrogen) atoms. The Bertz CT molecular complexity index is 884. The summed E-state index contributed by atoms with van der Waals surface area (Å²) in [5.74, 6) is 0.0795. The molecule has 0 bridgehead atoms. The molecular weight excluding hydrogens is 295 g/mol. The lowest BCUT2D eigenvalue weighted by molar-refractivity contribution is 0.434. The third kappa shape index (κ3) is 2.70. The minimum absolute atomic E-state index is 0.00521. The van der Waals surface area contributed by atoms with Crippen molar-refractivity contribution in [2.24, 2.45) is 0 Å². The average Bonchev–Trinajstić information content (AvgIpc) is 2.45. The van der Waals surface area contributed by atoms with E-state index >= 15 is 0 Å². The molecule has 1 aromatic heterocycles. The van der Waals surface area contributed by atoms with Crippen LogP contribution in [0.1, 0.15) is 31.2 Å². The molecule has 4 nitrogen and oxygen atoms in total. The Morgan fingerprint density at radius 1 is 1.00 bits per heavy atom. The first-order valence-corrected chi connectivity index (χ1v) is 7.36. The Morgan fingerprint density at radius 3 is 2.22 bits per heavy atom. The van der Waals surface area contributed by atoms with E-state index in [1.807, 2.05) is 13.8 Å². The summed E-state index contributed by atoms with van der Waals surface area (Å²) in [5.41, 5.74) is 2.03. The summed E-state index contributed by atoms with van der Waals surface area (Å²) in [6, 6.07) is 6.13. The first kappa shape index (κ1) is 15.2. The van der Waals surface area contributed by atoms with Gasteiger partial charge >= 0.3 is 0 Å². The lowest BCUT2D eigenvalue weighted by Crippen LogP contribution is -1.93. The summed E-state index contributed by atoms with van der Waals surface area (Å²) >= 11 is 0. The minimum Gasteiger partial charge on any atom is -0.507 e. The molecule has 0 spiro atoms. The van der Waals surface area contributed by atoms with Crippen molar-refractivity contribution in [1.82, 2.24) is 9.97 Å². The number of halogens is 1. The van der Waals surface area contributed by atoms with Gasteiger partial charge in [-0.2, -0.15) is 0 Å². The number of hydrogen-bond donors (Lipinski definition) is 2. The van der Waals surface area contributed by atoms with Crippen molar-refractivity contribution < 1.29 is 14.6 Å². The van der Waals surface area contributed by atoms with Crippen molar-refractivity contribution in [3.63, 3.8) is 0 Å². The van der Waals surface area contributed by atoms with Gasteiger partial charge in [-0.05, 0) is 48.2 Å². The molecule has 0 aliphatic heterocycles. The number of fused-ring (bicyclic) bond motifs is 1. The van der Waals surface area contributed by atoms with Gasteiger partial charge in [-0.25, -0.2) is 14.4 Å².